The molecule has 0 bridgehead atoms. The number of carbonyl (C=O) groups excluding carboxylic acids is 1. The molecule has 0 aliphatic heterocycles. The van der Waals surface area contributed by atoms with Crippen molar-refractivity contribution in [1.82, 2.24) is 0 Å². The Bertz CT molecular complexity index is 157. The van der Waals surface area contributed by atoms with Crippen LogP contribution in [0, 0.1) is 6.61 Å². The molecule has 0 unspecified atom stereocenters. The van der Waals surface area contributed by atoms with E-state index in [9.17, 15) is 9.59 Å². The highest BCUT2D eigenvalue weighted by Crippen LogP contribution is 1.95. The minimum Gasteiger partial charge on any atom is -0.481 e. The van der Waals surface area contributed by atoms with Crippen LogP contribution >= 0.6 is 0 Å². The molecule has 4 N–H and O–H groups in total. The fourth-order valence-electron chi connectivity index (χ4n) is 0.543. The summed E-state index contributed by atoms with van der Waals surface area (Å²) in [6.07, 6.45) is -0.596. The molecule has 1 radical (unpaired) electrons. The summed E-state index contributed by atoms with van der Waals surface area (Å²) < 4.78 is 0. The van der Waals surface area contributed by atoms with Gasteiger partial charge in [0.25, 0.3) is 0 Å². The van der Waals surface area contributed by atoms with Gasteiger partial charge in [-0.1, -0.05) is 0 Å². The SMILES string of the molecule is N[C@@H](CC(=O)O)C(=O)C[CH]O. The second-order valence-corrected chi connectivity index (χ2v) is 2.06. The zero-order valence-corrected chi connectivity index (χ0v) is 5.86. The molecule has 0 aliphatic rings. The molecule has 0 amide bonds. The van der Waals surface area contributed by atoms with Crippen LogP contribution in [0.2, 0.25) is 0 Å². The molecule has 0 rings (SSSR count). The molecule has 1 atom stereocenters. The lowest BCUT2D eigenvalue weighted by atomic mass is 10.1. The highest BCUT2D eigenvalue weighted by molar-refractivity contribution is 5.88. The smallest absolute Gasteiger partial charge is 0.305 e. The lowest BCUT2D eigenvalue weighted by Gasteiger charge is -2.04. The summed E-state index contributed by atoms with van der Waals surface area (Å²) in [5, 5.41) is 16.4. The molecule has 11 heavy (non-hydrogen) atoms. The number of rotatable bonds is 5. The van der Waals surface area contributed by atoms with Gasteiger partial charge in [0.05, 0.1) is 19.1 Å². The number of carboxylic acid groups (broad SMARTS) is 1. The Morgan fingerprint density at radius 3 is 2.45 bits per heavy atom. The Labute approximate surface area is 63.8 Å². The number of aliphatic hydroxyl groups is 1. The minimum atomic E-state index is -1.12. The first-order chi connectivity index (χ1) is 5.07. The molecule has 0 heterocycles. The number of hydrogen-bond donors (Lipinski definition) is 3. The second kappa shape index (κ2) is 4.81. The number of ketones is 1. The lowest BCUT2D eigenvalue weighted by molar-refractivity contribution is -0.139. The molecule has 0 spiro atoms. The van der Waals surface area contributed by atoms with Crippen molar-refractivity contribution in [3.63, 3.8) is 0 Å². The Morgan fingerprint density at radius 2 is 2.09 bits per heavy atom. The van der Waals surface area contributed by atoms with Gasteiger partial charge in [-0.05, 0) is 0 Å². The maximum absolute atomic E-state index is 10.7. The molecule has 0 aromatic rings. The first kappa shape index (κ1) is 10.1. The average molecular weight is 160 g/mol. The van der Waals surface area contributed by atoms with Crippen LogP contribution in [0.25, 0.3) is 0 Å². The lowest BCUT2D eigenvalue weighted by Crippen LogP contribution is -2.32. The third kappa shape index (κ3) is 4.46. The summed E-state index contributed by atoms with van der Waals surface area (Å²) in [7, 11) is 0. The highest BCUT2D eigenvalue weighted by Gasteiger charge is 2.15. The zero-order valence-electron chi connectivity index (χ0n) is 5.86. The van der Waals surface area contributed by atoms with E-state index >= 15 is 0 Å². The number of Topliss-reactive ketones (excluding diaryl/α,β-unsaturated/α-hetero) is 1. The molecule has 0 aromatic heterocycles. The number of aliphatic hydroxyl groups excluding tert-OH is 1. The maximum atomic E-state index is 10.7. The highest BCUT2D eigenvalue weighted by atomic mass is 16.4. The molecule has 0 saturated carbocycles. The largest absolute Gasteiger partial charge is 0.481 e. The van der Waals surface area contributed by atoms with Crippen LogP contribution in [0.15, 0.2) is 0 Å². The van der Waals surface area contributed by atoms with Crippen LogP contribution in [0.5, 0.6) is 0 Å². The van der Waals surface area contributed by atoms with Gasteiger partial charge in [-0.2, -0.15) is 0 Å². The van der Waals surface area contributed by atoms with E-state index in [4.69, 9.17) is 15.9 Å². The summed E-state index contributed by atoms with van der Waals surface area (Å²) in [5.41, 5.74) is 5.14. The van der Waals surface area contributed by atoms with Gasteiger partial charge in [-0.25, -0.2) is 0 Å². The van der Waals surface area contributed by atoms with Crippen molar-refractivity contribution in [2.45, 2.75) is 18.9 Å². The summed E-state index contributed by atoms with van der Waals surface area (Å²) in [6.45, 7) is 0.657. The fraction of sp³-hybridized carbons (Fsp3) is 0.500. The van der Waals surface area contributed by atoms with E-state index in [1.165, 1.54) is 0 Å². The van der Waals surface area contributed by atoms with Gasteiger partial charge in [0.2, 0.25) is 0 Å². The van der Waals surface area contributed by atoms with Gasteiger partial charge in [0.1, 0.15) is 0 Å². The van der Waals surface area contributed by atoms with Crippen LogP contribution < -0.4 is 5.73 Å². The molecular formula is C6H10NO4. The number of carboxylic acids is 1. The maximum Gasteiger partial charge on any atom is 0.305 e. The van der Waals surface area contributed by atoms with Gasteiger partial charge in [0.15, 0.2) is 5.78 Å². The molecule has 0 aliphatic carbocycles. The Balaban J connectivity index is 3.73. The normalized spacial score (nSPS) is 12.5. The van der Waals surface area contributed by atoms with E-state index in [1.54, 1.807) is 0 Å². The number of nitrogens with two attached hydrogens (primary N) is 1. The van der Waals surface area contributed by atoms with Crippen molar-refractivity contribution >= 4 is 11.8 Å². The number of carbonyl (C=O) groups is 2. The van der Waals surface area contributed by atoms with E-state index in [0.29, 0.717) is 6.61 Å². The number of aliphatic carboxylic acids is 1. The van der Waals surface area contributed by atoms with Gasteiger partial charge in [-0.15, -0.1) is 0 Å². The average Bonchev–Trinajstić information content (AvgIpc) is 1.86. The van der Waals surface area contributed by atoms with Crippen molar-refractivity contribution in [3.8, 4) is 0 Å². The molecule has 5 heteroatoms. The predicted octanol–water partition coefficient (Wildman–Crippen LogP) is -0.718. The van der Waals surface area contributed by atoms with Crippen LogP contribution in [0.4, 0.5) is 0 Å². The zero-order chi connectivity index (χ0) is 8.85. The molecule has 5 nitrogen and oxygen atoms in total. The van der Waals surface area contributed by atoms with E-state index in [1.807, 2.05) is 0 Å². The molecule has 0 fully saturated rings. The summed E-state index contributed by atoms with van der Waals surface area (Å²) in [4.78, 5) is 20.7. The number of hydrogen-bond acceptors (Lipinski definition) is 4. The first-order valence-electron chi connectivity index (χ1n) is 3.04. The van der Waals surface area contributed by atoms with Crippen LogP contribution in [-0.2, 0) is 9.59 Å². The van der Waals surface area contributed by atoms with Gasteiger partial charge >= 0.3 is 5.97 Å². The Morgan fingerprint density at radius 1 is 1.55 bits per heavy atom. The monoisotopic (exact) mass is 160 g/mol. The molecule has 63 valence electrons. The third-order valence-electron chi connectivity index (χ3n) is 1.10. The second-order valence-electron chi connectivity index (χ2n) is 2.06. The quantitative estimate of drug-likeness (QED) is 0.492. The molecule has 0 saturated heterocycles. The van der Waals surface area contributed by atoms with Crippen molar-refractivity contribution in [2.24, 2.45) is 5.73 Å². The Hall–Kier alpha value is -0.940. The van der Waals surface area contributed by atoms with Crippen molar-refractivity contribution in [3.05, 3.63) is 6.61 Å². The molecule has 0 aromatic carbocycles. The van der Waals surface area contributed by atoms with Crippen molar-refractivity contribution in [1.29, 1.82) is 0 Å². The van der Waals surface area contributed by atoms with Gasteiger partial charge in [0, 0.05) is 6.42 Å². The van der Waals surface area contributed by atoms with Crippen molar-refractivity contribution < 1.29 is 19.8 Å². The van der Waals surface area contributed by atoms with Crippen LogP contribution in [-0.4, -0.2) is 28.0 Å². The summed E-state index contributed by atoms with van der Waals surface area (Å²) >= 11 is 0. The summed E-state index contributed by atoms with van der Waals surface area (Å²) in [6, 6.07) is -1.02. The minimum absolute atomic E-state index is 0.200. The summed E-state index contributed by atoms with van der Waals surface area (Å²) in [5.74, 6) is -1.60. The van der Waals surface area contributed by atoms with Gasteiger partial charge in [-0.3, -0.25) is 9.59 Å². The van der Waals surface area contributed by atoms with E-state index < -0.39 is 24.2 Å². The van der Waals surface area contributed by atoms with E-state index in [-0.39, 0.29) is 6.42 Å². The Kier molecular flexibility index (Phi) is 4.40. The van der Waals surface area contributed by atoms with E-state index in [2.05, 4.69) is 0 Å². The fourth-order valence-corrected chi connectivity index (χ4v) is 0.543. The molecular weight excluding hydrogens is 150 g/mol. The topological polar surface area (TPSA) is 101 Å². The first-order valence-corrected chi connectivity index (χ1v) is 3.04. The van der Waals surface area contributed by atoms with Gasteiger partial charge < -0.3 is 15.9 Å². The van der Waals surface area contributed by atoms with Crippen LogP contribution in [0.1, 0.15) is 12.8 Å². The van der Waals surface area contributed by atoms with Crippen LogP contribution in [0.3, 0.4) is 0 Å². The standard InChI is InChI=1S/C6H10NO4/c7-4(3-6(10)11)5(9)1-2-8/h2,4,8H,1,3,7H2,(H,10,11)/t4-/m0/s1. The van der Waals surface area contributed by atoms with E-state index in [0.717, 1.165) is 0 Å². The third-order valence-corrected chi connectivity index (χ3v) is 1.10. The van der Waals surface area contributed by atoms with Crippen molar-refractivity contribution in [2.75, 3.05) is 0 Å². The predicted molar refractivity (Wildman–Crippen MR) is 36.1 cm³/mol.